The van der Waals surface area contributed by atoms with Crippen LogP contribution in [-0.4, -0.2) is 72.5 Å². The highest BCUT2D eigenvalue weighted by Gasteiger charge is 2.26. The summed E-state index contributed by atoms with van der Waals surface area (Å²) in [6.07, 6.45) is 2.26. The summed E-state index contributed by atoms with van der Waals surface area (Å²) in [4.78, 5) is 4.83. The predicted molar refractivity (Wildman–Crippen MR) is 68.1 cm³/mol. The number of piperidine rings is 1. The van der Waals surface area contributed by atoms with E-state index in [9.17, 15) is 5.11 Å². The first kappa shape index (κ1) is 13.3. The standard InChI is InChI=1S/C13H26N2O2/c1-11(2)15-6-7-17-13(10-15)9-14-5-3-4-12(16)8-14/h11-13,16H,3-10H2,1-2H3. The van der Waals surface area contributed by atoms with Gasteiger partial charge in [-0.1, -0.05) is 0 Å². The molecule has 0 aromatic carbocycles. The molecule has 2 saturated heterocycles. The van der Waals surface area contributed by atoms with Crippen molar-refractivity contribution in [1.82, 2.24) is 9.80 Å². The maximum atomic E-state index is 9.66. The number of aliphatic hydroxyl groups is 1. The van der Waals surface area contributed by atoms with Crippen LogP contribution in [0.15, 0.2) is 0 Å². The maximum absolute atomic E-state index is 9.66. The Morgan fingerprint density at radius 1 is 1.29 bits per heavy atom. The fourth-order valence-electron chi connectivity index (χ4n) is 2.81. The normalized spacial score (nSPS) is 33.2. The molecule has 1 N–H and O–H groups in total. The molecule has 0 radical (unpaired) electrons. The van der Waals surface area contributed by atoms with Crippen molar-refractivity contribution >= 4 is 0 Å². The minimum Gasteiger partial charge on any atom is -0.392 e. The zero-order valence-corrected chi connectivity index (χ0v) is 11.1. The van der Waals surface area contributed by atoms with Crippen LogP contribution in [0, 0.1) is 0 Å². The summed E-state index contributed by atoms with van der Waals surface area (Å²) in [5.41, 5.74) is 0. The van der Waals surface area contributed by atoms with Crippen LogP contribution < -0.4 is 0 Å². The van der Waals surface area contributed by atoms with Gasteiger partial charge in [-0.05, 0) is 33.2 Å². The maximum Gasteiger partial charge on any atom is 0.0829 e. The van der Waals surface area contributed by atoms with E-state index in [4.69, 9.17) is 4.74 Å². The summed E-state index contributed by atoms with van der Waals surface area (Å²) in [5.74, 6) is 0. The average molecular weight is 242 g/mol. The van der Waals surface area contributed by atoms with E-state index < -0.39 is 0 Å². The monoisotopic (exact) mass is 242 g/mol. The Hall–Kier alpha value is -0.160. The highest BCUT2D eigenvalue weighted by molar-refractivity contribution is 4.79. The van der Waals surface area contributed by atoms with Crippen molar-refractivity contribution in [2.75, 3.05) is 39.3 Å². The molecular weight excluding hydrogens is 216 g/mol. The molecule has 2 heterocycles. The lowest BCUT2D eigenvalue weighted by atomic mass is 10.1. The largest absolute Gasteiger partial charge is 0.392 e. The molecule has 0 bridgehead atoms. The molecule has 2 aliphatic heterocycles. The van der Waals surface area contributed by atoms with Crippen LogP contribution in [0.1, 0.15) is 26.7 Å². The first-order chi connectivity index (χ1) is 8.15. The lowest BCUT2D eigenvalue weighted by molar-refractivity contribution is -0.0599. The van der Waals surface area contributed by atoms with Gasteiger partial charge in [0.25, 0.3) is 0 Å². The first-order valence-electron chi connectivity index (χ1n) is 6.91. The highest BCUT2D eigenvalue weighted by atomic mass is 16.5. The topological polar surface area (TPSA) is 35.9 Å². The number of aliphatic hydroxyl groups excluding tert-OH is 1. The summed E-state index contributed by atoms with van der Waals surface area (Å²) in [7, 11) is 0. The number of hydrogen-bond acceptors (Lipinski definition) is 4. The molecule has 0 amide bonds. The quantitative estimate of drug-likeness (QED) is 0.784. The molecule has 2 unspecified atom stereocenters. The lowest BCUT2D eigenvalue weighted by Crippen LogP contribution is -2.51. The third kappa shape index (κ3) is 3.91. The van der Waals surface area contributed by atoms with Crippen molar-refractivity contribution in [1.29, 1.82) is 0 Å². The number of rotatable bonds is 3. The highest BCUT2D eigenvalue weighted by Crippen LogP contribution is 2.14. The fourth-order valence-corrected chi connectivity index (χ4v) is 2.81. The number of hydrogen-bond donors (Lipinski definition) is 1. The molecule has 2 rings (SSSR count). The van der Waals surface area contributed by atoms with Gasteiger partial charge in [-0.15, -0.1) is 0 Å². The molecule has 100 valence electrons. The van der Waals surface area contributed by atoms with E-state index in [1.807, 2.05) is 0 Å². The molecule has 0 aliphatic carbocycles. The van der Waals surface area contributed by atoms with Gasteiger partial charge in [0, 0.05) is 32.2 Å². The average Bonchev–Trinajstić information content (AvgIpc) is 2.29. The Balaban J connectivity index is 1.78. The van der Waals surface area contributed by atoms with E-state index >= 15 is 0 Å². The zero-order valence-electron chi connectivity index (χ0n) is 11.1. The second-order valence-electron chi connectivity index (χ2n) is 5.64. The Kier molecular flexibility index (Phi) is 4.79. The molecule has 2 atom stereocenters. The smallest absolute Gasteiger partial charge is 0.0829 e. The van der Waals surface area contributed by atoms with Gasteiger partial charge in [0.05, 0.1) is 18.8 Å². The number of morpholine rings is 1. The SMILES string of the molecule is CC(C)N1CCOC(CN2CCCC(O)C2)C1. The summed E-state index contributed by atoms with van der Waals surface area (Å²) >= 11 is 0. The summed E-state index contributed by atoms with van der Waals surface area (Å²) < 4.78 is 5.83. The summed E-state index contributed by atoms with van der Waals surface area (Å²) in [6, 6.07) is 0.605. The van der Waals surface area contributed by atoms with E-state index in [1.165, 1.54) is 0 Å². The van der Waals surface area contributed by atoms with Crippen molar-refractivity contribution in [3.05, 3.63) is 0 Å². The molecule has 2 fully saturated rings. The van der Waals surface area contributed by atoms with Crippen LogP contribution in [0.4, 0.5) is 0 Å². The van der Waals surface area contributed by atoms with Gasteiger partial charge in [0.1, 0.15) is 0 Å². The van der Waals surface area contributed by atoms with E-state index in [0.717, 1.165) is 52.2 Å². The first-order valence-corrected chi connectivity index (χ1v) is 6.91. The molecule has 0 saturated carbocycles. The van der Waals surface area contributed by atoms with Crippen LogP contribution in [-0.2, 0) is 4.74 Å². The van der Waals surface area contributed by atoms with Crippen LogP contribution in [0.5, 0.6) is 0 Å². The van der Waals surface area contributed by atoms with E-state index in [0.29, 0.717) is 12.1 Å². The fraction of sp³-hybridized carbons (Fsp3) is 1.00. The molecular formula is C13H26N2O2. The van der Waals surface area contributed by atoms with Gasteiger partial charge in [0.2, 0.25) is 0 Å². The lowest BCUT2D eigenvalue weighted by Gasteiger charge is -2.39. The molecule has 2 aliphatic rings. The van der Waals surface area contributed by atoms with Gasteiger partial charge >= 0.3 is 0 Å². The Morgan fingerprint density at radius 3 is 2.82 bits per heavy atom. The number of likely N-dealkylation sites (tertiary alicyclic amines) is 1. The number of nitrogens with zero attached hydrogens (tertiary/aromatic N) is 2. The second-order valence-corrected chi connectivity index (χ2v) is 5.64. The van der Waals surface area contributed by atoms with Gasteiger partial charge in [-0.25, -0.2) is 0 Å². The Bertz CT molecular complexity index is 235. The molecule has 0 spiro atoms. The minimum atomic E-state index is -0.131. The number of β-amino-alcohol motifs (C(OH)–C–C–N with tert-alkyl or cyclic N) is 1. The van der Waals surface area contributed by atoms with E-state index in [2.05, 4.69) is 23.6 Å². The summed E-state index contributed by atoms with van der Waals surface area (Å²) in [6.45, 7) is 10.3. The molecule has 0 aromatic heterocycles. The predicted octanol–water partition coefficient (Wildman–Crippen LogP) is 0.552. The van der Waals surface area contributed by atoms with Crippen molar-refractivity contribution in [2.45, 2.75) is 44.9 Å². The molecule has 4 heteroatoms. The van der Waals surface area contributed by atoms with Gasteiger partial charge in [-0.3, -0.25) is 9.80 Å². The molecule has 4 nitrogen and oxygen atoms in total. The van der Waals surface area contributed by atoms with Crippen LogP contribution >= 0.6 is 0 Å². The Morgan fingerprint density at radius 2 is 2.12 bits per heavy atom. The van der Waals surface area contributed by atoms with Crippen molar-refractivity contribution in [3.8, 4) is 0 Å². The molecule has 0 aromatic rings. The van der Waals surface area contributed by atoms with Crippen LogP contribution in [0.3, 0.4) is 0 Å². The van der Waals surface area contributed by atoms with Gasteiger partial charge in [-0.2, -0.15) is 0 Å². The second kappa shape index (κ2) is 6.14. The summed E-state index contributed by atoms with van der Waals surface area (Å²) in [5, 5.41) is 9.66. The van der Waals surface area contributed by atoms with Crippen LogP contribution in [0.2, 0.25) is 0 Å². The zero-order chi connectivity index (χ0) is 12.3. The Labute approximate surface area is 105 Å². The van der Waals surface area contributed by atoms with Crippen molar-refractivity contribution in [2.24, 2.45) is 0 Å². The van der Waals surface area contributed by atoms with Crippen LogP contribution in [0.25, 0.3) is 0 Å². The van der Waals surface area contributed by atoms with Crippen molar-refractivity contribution < 1.29 is 9.84 Å². The van der Waals surface area contributed by atoms with Gasteiger partial charge < -0.3 is 9.84 Å². The number of ether oxygens (including phenoxy) is 1. The van der Waals surface area contributed by atoms with E-state index in [-0.39, 0.29) is 6.10 Å². The third-order valence-corrected chi connectivity index (χ3v) is 3.84. The minimum absolute atomic E-state index is 0.131. The van der Waals surface area contributed by atoms with Gasteiger partial charge in [0.15, 0.2) is 0 Å². The van der Waals surface area contributed by atoms with Crippen molar-refractivity contribution in [3.63, 3.8) is 0 Å². The third-order valence-electron chi connectivity index (χ3n) is 3.84. The van der Waals surface area contributed by atoms with E-state index in [1.54, 1.807) is 0 Å². The molecule has 17 heavy (non-hydrogen) atoms.